The highest BCUT2D eigenvalue weighted by Gasteiger charge is 2.31. The van der Waals surface area contributed by atoms with Crippen molar-refractivity contribution in [3.63, 3.8) is 0 Å². The Hall–Kier alpha value is -1.47. The summed E-state index contributed by atoms with van der Waals surface area (Å²) >= 11 is 1.29. The average molecular weight is 316 g/mol. The summed E-state index contributed by atoms with van der Waals surface area (Å²) in [4.78, 5) is 3.85. The molecule has 0 bridgehead atoms. The molecular formula is C14H15F3N2OS. The molecule has 2 N–H and O–H groups in total. The van der Waals surface area contributed by atoms with Gasteiger partial charge in [-0.1, -0.05) is 11.8 Å². The lowest BCUT2D eigenvalue weighted by atomic mass is 10.2. The van der Waals surface area contributed by atoms with E-state index >= 15 is 0 Å². The molecule has 3 nitrogen and oxygen atoms in total. The number of halogens is 3. The molecule has 2 atom stereocenters. The second-order valence-corrected chi connectivity index (χ2v) is 5.89. The maximum atomic E-state index is 12.5. The highest BCUT2D eigenvalue weighted by atomic mass is 32.2. The van der Waals surface area contributed by atoms with E-state index in [2.05, 4.69) is 4.98 Å². The second-order valence-electron chi connectivity index (χ2n) is 4.73. The number of thioether (sulfide) groups is 1. The van der Waals surface area contributed by atoms with E-state index in [1.165, 1.54) is 17.8 Å². The van der Waals surface area contributed by atoms with Gasteiger partial charge in [-0.25, -0.2) is 4.98 Å². The van der Waals surface area contributed by atoms with Crippen molar-refractivity contribution in [3.8, 4) is 0 Å². The van der Waals surface area contributed by atoms with E-state index < -0.39 is 11.7 Å². The van der Waals surface area contributed by atoms with Crippen LogP contribution in [0.3, 0.4) is 0 Å². The second kappa shape index (κ2) is 6.11. The first kappa shape index (κ1) is 15.9. The van der Waals surface area contributed by atoms with Crippen LogP contribution in [0.2, 0.25) is 0 Å². The zero-order chi connectivity index (χ0) is 15.6. The van der Waals surface area contributed by atoms with Gasteiger partial charge in [0.05, 0.1) is 15.8 Å². The maximum Gasteiger partial charge on any atom is 0.417 e. The monoisotopic (exact) mass is 316 g/mol. The van der Waals surface area contributed by atoms with Crippen molar-refractivity contribution in [1.82, 2.24) is 4.98 Å². The number of furan rings is 1. The van der Waals surface area contributed by atoms with Gasteiger partial charge >= 0.3 is 6.18 Å². The Morgan fingerprint density at radius 3 is 2.38 bits per heavy atom. The van der Waals surface area contributed by atoms with Gasteiger partial charge in [0.25, 0.3) is 0 Å². The molecule has 2 heterocycles. The summed E-state index contributed by atoms with van der Waals surface area (Å²) in [6.45, 7) is 3.64. The van der Waals surface area contributed by atoms with Crippen molar-refractivity contribution in [2.45, 2.75) is 36.3 Å². The van der Waals surface area contributed by atoms with Crippen molar-refractivity contribution in [3.05, 3.63) is 47.5 Å². The molecule has 0 aliphatic rings. The first-order valence-electron chi connectivity index (χ1n) is 6.29. The normalized spacial score (nSPS) is 15.0. The van der Waals surface area contributed by atoms with Gasteiger partial charge in [-0.2, -0.15) is 13.2 Å². The minimum Gasteiger partial charge on any atom is -0.465 e. The molecule has 2 aromatic heterocycles. The smallest absolute Gasteiger partial charge is 0.417 e. The van der Waals surface area contributed by atoms with Gasteiger partial charge in [-0.05, 0) is 38.1 Å². The molecule has 0 aliphatic heterocycles. The molecule has 0 saturated carbocycles. The van der Waals surface area contributed by atoms with E-state index in [-0.39, 0.29) is 11.3 Å². The van der Waals surface area contributed by atoms with Crippen molar-refractivity contribution < 1.29 is 17.6 Å². The molecule has 0 spiro atoms. The molecule has 21 heavy (non-hydrogen) atoms. The van der Waals surface area contributed by atoms with Crippen LogP contribution in [0.1, 0.15) is 29.3 Å². The molecule has 114 valence electrons. The van der Waals surface area contributed by atoms with E-state index in [0.717, 1.165) is 18.0 Å². The third-order valence-electron chi connectivity index (χ3n) is 2.83. The minimum absolute atomic E-state index is 0.206. The Morgan fingerprint density at radius 2 is 1.95 bits per heavy atom. The largest absolute Gasteiger partial charge is 0.465 e. The van der Waals surface area contributed by atoms with E-state index in [0.29, 0.717) is 10.8 Å². The van der Waals surface area contributed by atoms with Crippen molar-refractivity contribution in [1.29, 1.82) is 0 Å². The number of alkyl halides is 3. The molecule has 2 rings (SSSR count). The molecule has 0 aliphatic carbocycles. The zero-order valence-corrected chi connectivity index (χ0v) is 12.3. The molecule has 7 heteroatoms. The summed E-state index contributed by atoms with van der Waals surface area (Å²) in [7, 11) is 0. The van der Waals surface area contributed by atoms with Crippen LogP contribution in [-0.4, -0.2) is 11.0 Å². The molecule has 0 aromatic carbocycles. The van der Waals surface area contributed by atoms with Crippen LogP contribution in [0.5, 0.6) is 0 Å². The fourth-order valence-electron chi connectivity index (χ4n) is 1.78. The predicted octanol–water partition coefficient (Wildman–Crippen LogP) is 4.18. The zero-order valence-electron chi connectivity index (χ0n) is 11.5. The number of nitrogens with two attached hydrogens (primary N) is 1. The van der Waals surface area contributed by atoms with E-state index in [1.807, 2.05) is 26.0 Å². The lowest BCUT2D eigenvalue weighted by Crippen LogP contribution is -2.22. The fraction of sp³-hybridized carbons (Fsp3) is 0.357. The number of rotatable bonds is 4. The molecule has 0 saturated heterocycles. The number of aromatic nitrogens is 1. The number of hydrogen-bond acceptors (Lipinski definition) is 4. The van der Waals surface area contributed by atoms with E-state index in [9.17, 15) is 13.2 Å². The van der Waals surface area contributed by atoms with Crippen LogP contribution < -0.4 is 5.73 Å². The van der Waals surface area contributed by atoms with Crippen molar-refractivity contribution >= 4 is 11.8 Å². The summed E-state index contributed by atoms with van der Waals surface area (Å²) in [5.74, 6) is 1.45. The number of aryl methyl sites for hydroxylation is 1. The van der Waals surface area contributed by atoms with Crippen LogP contribution in [-0.2, 0) is 6.18 Å². The SMILES string of the molecule is Cc1ccc(C(Sc2ccc(C(F)(F)F)cn2)C(C)N)o1. The third kappa shape index (κ3) is 4.01. The summed E-state index contributed by atoms with van der Waals surface area (Å²) < 4.78 is 43.0. The van der Waals surface area contributed by atoms with Gasteiger partial charge in [0, 0.05) is 12.2 Å². The molecule has 0 fully saturated rings. The highest BCUT2D eigenvalue weighted by molar-refractivity contribution is 7.99. The number of nitrogens with zero attached hydrogens (tertiary/aromatic N) is 1. The first-order valence-corrected chi connectivity index (χ1v) is 7.17. The van der Waals surface area contributed by atoms with Crippen LogP contribution in [0.4, 0.5) is 13.2 Å². The Labute approximate surface area is 124 Å². The number of hydrogen-bond donors (Lipinski definition) is 1. The molecule has 2 unspecified atom stereocenters. The Kier molecular flexibility index (Phi) is 4.63. The van der Waals surface area contributed by atoms with Gasteiger partial charge in [0.1, 0.15) is 11.5 Å². The first-order chi connectivity index (χ1) is 9.77. The van der Waals surface area contributed by atoms with Gasteiger partial charge in [0.15, 0.2) is 0 Å². The lowest BCUT2D eigenvalue weighted by Gasteiger charge is -2.17. The minimum atomic E-state index is -4.38. The Bertz CT molecular complexity index is 593. The van der Waals surface area contributed by atoms with E-state index in [4.69, 9.17) is 10.2 Å². The molecular weight excluding hydrogens is 301 g/mol. The summed E-state index contributed by atoms with van der Waals surface area (Å²) in [5, 5.41) is 0.266. The maximum absolute atomic E-state index is 12.5. The van der Waals surface area contributed by atoms with Crippen LogP contribution in [0, 0.1) is 6.92 Å². The lowest BCUT2D eigenvalue weighted by molar-refractivity contribution is -0.137. The van der Waals surface area contributed by atoms with Gasteiger partial charge < -0.3 is 10.2 Å². The average Bonchev–Trinajstić information content (AvgIpc) is 2.81. The van der Waals surface area contributed by atoms with Gasteiger partial charge in [-0.15, -0.1) is 0 Å². The summed E-state index contributed by atoms with van der Waals surface area (Å²) in [6.07, 6.45) is -3.55. The summed E-state index contributed by atoms with van der Waals surface area (Å²) in [5.41, 5.74) is 5.17. The Balaban J connectivity index is 2.18. The van der Waals surface area contributed by atoms with Crippen LogP contribution in [0.15, 0.2) is 39.9 Å². The molecule has 0 amide bonds. The quantitative estimate of drug-likeness (QED) is 0.860. The third-order valence-corrected chi connectivity index (χ3v) is 4.23. The van der Waals surface area contributed by atoms with E-state index in [1.54, 1.807) is 0 Å². The summed E-state index contributed by atoms with van der Waals surface area (Å²) in [6, 6.07) is 5.77. The van der Waals surface area contributed by atoms with Gasteiger partial charge in [0.2, 0.25) is 0 Å². The fourth-order valence-corrected chi connectivity index (χ4v) is 2.76. The predicted molar refractivity (Wildman–Crippen MR) is 74.9 cm³/mol. The topological polar surface area (TPSA) is 52.0 Å². The molecule has 2 aromatic rings. The van der Waals surface area contributed by atoms with Crippen LogP contribution >= 0.6 is 11.8 Å². The molecule has 0 radical (unpaired) electrons. The van der Waals surface area contributed by atoms with Crippen molar-refractivity contribution in [2.75, 3.05) is 0 Å². The van der Waals surface area contributed by atoms with Gasteiger partial charge in [-0.3, -0.25) is 0 Å². The van der Waals surface area contributed by atoms with Crippen LogP contribution in [0.25, 0.3) is 0 Å². The standard InChI is InChI=1S/C14H15F3N2OS/c1-8-3-5-11(20-8)13(9(2)18)21-12-6-4-10(7-19-12)14(15,16)17/h3-7,9,13H,18H2,1-2H3. The highest BCUT2D eigenvalue weighted by Crippen LogP contribution is 2.38. The van der Waals surface area contributed by atoms with Crippen molar-refractivity contribution in [2.24, 2.45) is 5.73 Å². The Morgan fingerprint density at radius 1 is 1.24 bits per heavy atom. The number of pyridine rings is 1.